The van der Waals surface area contributed by atoms with Gasteiger partial charge in [-0.25, -0.2) is 4.98 Å². The van der Waals surface area contributed by atoms with E-state index in [1.807, 2.05) is 37.3 Å². The van der Waals surface area contributed by atoms with Crippen LogP contribution in [0.3, 0.4) is 0 Å². The number of rotatable bonds is 3. The third-order valence-corrected chi connectivity index (χ3v) is 3.51. The summed E-state index contributed by atoms with van der Waals surface area (Å²) in [6.07, 6.45) is 0. The highest BCUT2D eigenvalue weighted by Gasteiger charge is 2.19. The topological polar surface area (TPSA) is 22.1 Å². The van der Waals surface area contributed by atoms with Gasteiger partial charge in [-0.15, -0.1) is 11.6 Å². The molecule has 20 heavy (non-hydrogen) atoms. The largest absolute Gasteiger partial charge is 0.439 e. The van der Waals surface area contributed by atoms with Gasteiger partial charge in [0, 0.05) is 23.2 Å². The van der Waals surface area contributed by atoms with Crippen molar-refractivity contribution < 1.29 is 4.74 Å². The minimum Gasteiger partial charge on any atom is -0.439 e. The molecule has 2 rings (SSSR count). The Bertz CT molecular complexity index is 602. The molecule has 0 atom stereocenters. The van der Waals surface area contributed by atoms with E-state index in [9.17, 15) is 0 Å². The fourth-order valence-corrected chi connectivity index (χ4v) is 2.34. The van der Waals surface area contributed by atoms with Crippen molar-refractivity contribution in [3.8, 4) is 11.6 Å². The van der Waals surface area contributed by atoms with Crippen LogP contribution in [0, 0.1) is 6.92 Å². The minimum absolute atomic E-state index is 0.0295. The van der Waals surface area contributed by atoms with Gasteiger partial charge in [-0.2, -0.15) is 0 Å². The van der Waals surface area contributed by atoms with Gasteiger partial charge >= 0.3 is 0 Å². The number of alkyl halides is 1. The number of ether oxygens (including phenoxy) is 1. The summed E-state index contributed by atoms with van der Waals surface area (Å²) in [5, 5.41) is 0. The summed E-state index contributed by atoms with van der Waals surface area (Å²) < 4.78 is 5.96. The second kappa shape index (κ2) is 5.84. The van der Waals surface area contributed by atoms with Gasteiger partial charge in [0.1, 0.15) is 5.75 Å². The number of pyridine rings is 1. The van der Waals surface area contributed by atoms with Crippen LogP contribution in [-0.4, -0.2) is 4.98 Å². The highest BCUT2D eigenvalue weighted by atomic mass is 35.5. The number of hydrogen-bond acceptors (Lipinski definition) is 2. The van der Waals surface area contributed by atoms with Crippen molar-refractivity contribution in [1.29, 1.82) is 0 Å². The Morgan fingerprint density at radius 2 is 1.80 bits per heavy atom. The van der Waals surface area contributed by atoms with Crippen molar-refractivity contribution in [2.24, 2.45) is 0 Å². The van der Waals surface area contributed by atoms with Gasteiger partial charge in [0.25, 0.3) is 0 Å². The van der Waals surface area contributed by atoms with Gasteiger partial charge in [-0.1, -0.05) is 45.0 Å². The van der Waals surface area contributed by atoms with Crippen LogP contribution >= 0.6 is 11.6 Å². The molecule has 0 aliphatic heterocycles. The van der Waals surface area contributed by atoms with E-state index in [1.54, 1.807) is 0 Å². The monoisotopic (exact) mass is 289 g/mol. The lowest BCUT2D eigenvalue weighted by atomic mass is 9.86. The Balaban J connectivity index is 2.33. The average Bonchev–Trinajstić information content (AvgIpc) is 2.38. The first kappa shape index (κ1) is 14.9. The molecule has 0 aliphatic carbocycles. The third kappa shape index (κ3) is 3.31. The zero-order valence-corrected chi connectivity index (χ0v) is 13.2. The fourth-order valence-electron chi connectivity index (χ4n) is 2.05. The molecule has 0 bridgehead atoms. The number of para-hydroxylation sites is 1. The Morgan fingerprint density at radius 3 is 2.40 bits per heavy atom. The predicted octanol–water partition coefficient (Wildman–Crippen LogP) is 5.22. The summed E-state index contributed by atoms with van der Waals surface area (Å²) in [6.45, 7) is 8.46. The second-order valence-electron chi connectivity index (χ2n) is 5.88. The van der Waals surface area contributed by atoms with Crippen LogP contribution in [0.15, 0.2) is 36.4 Å². The van der Waals surface area contributed by atoms with E-state index in [0.717, 1.165) is 17.0 Å². The van der Waals surface area contributed by atoms with Crippen LogP contribution in [0.2, 0.25) is 0 Å². The summed E-state index contributed by atoms with van der Waals surface area (Å²) >= 11 is 5.85. The van der Waals surface area contributed by atoms with E-state index in [-0.39, 0.29) is 5.41 Å². The van der Waals surface area contributed by atoms with Gasteiger partial charge in [0.15, 0.2) is 0 Å². The number of aryl methyl sites for hydroxylation is 1. The first-order chi connectivity index (χ1) is 9.41. The minimum atomic E-state index is 0.0295. The molecule has 2 nitrogen and oxygen atoms in total. The molecule has 0 aliphatic rings. The third-order valence-electron chi connectivity index (χ3n) is 3.22. The first-order valence-electron chi connectivity index (χ1n) is 6.71. The zero-order chi connectivity index (χ0) is 14.8. The zero-order valence-electron chi connectivity index (χ0n) is 12.4. The van der Waals surface area contributed by atoms with E-state index in [4.69, 9.17) is 16.3 Å². The van der Waals surface area contributed by atoms with Crippen molar-refractivity contribution >= 4 is 11.6 Å². The van der Waals surface area contributed by atoms with Crippen LogP contribution in [-0.2, 0) is 11.3 Å². The van der Waals surface area contributed by atoms with Crippen LogP contribution in [0.25, 0.3) is 0 Å². The highest BCUT2D eigenvalue weighted by Crippen LogP contribution is 2.33. The molecule has 3 heteroatoms. The molecular formula is C17H20ClNO. The Hall–Kier alpha value is -1.54. The maximum absolute atomic E-state index is 5.96. The van der Waals surface area contributed by atoms with E-state index >= 15 is 0 Å². The lowest BCUT2D eigenvalue weighted by molar-refractivity contribution is 0.438. The normalized spacial score (nSPS) is 11.4. The number of halogens is 1. The lowest BCUT2D eigenvalue weighted by Crippen LogP contribution is -2.12. The molecule has 0 saturated carbocycles. The molecule has 0 saturated heterocycles. The van der Waals surface area contributed by atoms with Gasteiger partial charge in [-0.05, 0) is 24.0 Å². The van der Waals surface area contributed by atoms with Crippen LogP contribution in [0.4, 0.5) is 0 Å². The second-order valence-corrected chi connectivity index (χ2v) is 6.14. The molecule has 1 aromatic carbocycles. The van der Waals surface area contributed by atoms with Crippen molar-refractivity contribution in [3.05, 3.63) is 53.2 Å². The summed E-state index contributed by atoms with van der Waals surface area (Å²) in [4.78, 5) is 4.46. The lowest BCUT2D eigenvalue weighted by Gasteiger charge is -2.22. The van der Waals surface area contributed by atoms with E-state index in [0.29, 0.717) is 11.8 Å². The maximum atomic E-state index is 5.96. The molecule has 0 spiro atoms. The van der Waals surface area contributed by atoms with Crippen molar-refractivity contribution in [2.75, 3.05) is 0 Å². The quantitative estimate of drug-likeness (QED) is 0.723. The number of aromatic nitrogens is 1. The number of nitrogens with zero attached hydrogens (tertiary/aromatic N) is 1. The first-order valence-corrected chi connectivity index (χ1v) is 7.25. The Kier molecular flexibility index (Phi) is 4.34. The van der Waals surface area contributed by atoms with E-state index in [2.05, 4.69) is 31.8 Å². The molecule has 0 unspecified atom stereocenters. The summed E-state index contributed by atoms with van der Waals surface area (Å²) in [6, 6.07) is 11.9. The molecule has 0 amide bonds. The van der Waals surface area contributed by atoms with Crippen molar-refractivity contribution in [1.82, 2.24) is 4.98 Å². The van der Waals surface area contributed by atoms with Gasteiger partial charge < -0.3 is 4.74 Å². The Labute approximate surface area is 125 Å². The standard InChI is InChI=1S/C17H20ClNO/c1-12-13(11-18)9-10-16(19-12)20-15-8-6-5-7-14(15)17(2,3)4/h5-10H,11H2,1-4H3. The number of hydrogen-bond donors (Lipinski definition) is 0. The molecule has 1 aromatic heterocycles. The molecule has 106 valence electrons. The van der Waals surface area contributed by atoms with Gasteiger partial charge in [0.2, 0.25) is 5.88 Å². The Morgan fingerprint density at radius 1 is 1.10 bits per heavy atom. The predicted molar refractivity (Wildman–Crippen MR) is 83.7 cm³/mol. The highest BCUT2D eigenvalue weighted by molar-refractivity contribution is 6.17. The molecule has 0 N–H and O–H groups in total. The van der Waals surface area contributed by atoms with Gasteiger partial charge in [0.05, 0.1) is 0 Å². The maximum Gasteiger partial charge on any atom is 0.219 e. The molecule has 1 heterocycles. The van der Waals surface area contributed by atoms with E-state index < -0.39 is 0 Å². The summed E-state index contributed by atoms with van der Waals surface area (Å²) in [5.74, 6) is 1.93. The molecule has 0 fully saturated rings. The molecule has 0 radical (unpaired) electrons. The SMILES string of the molecule is Cc1nc(Oc2ccccc2C(C)(C)C)ccc1CCl. The average molecular weight is 290 g/mol. The van der Waals surface area contributed by atoms with E-state index in [1.165, 1.54) is 5.56 Å². The van der Waals surface area contributed by atoms with Crippen LogP contribution < -0.4 is 4.74 Å². The summed E-state index contributed by atoms with van der Waals surface area (Å²) in [5.41, 5.74) is 3.14. The van der Waals surface area contributed by atoms with Crippen LogP contribution in [0.5, 0.6) is 11.6 Å². The molecular weight excluding hydrogens is 270 g/mol. The van der Waals surface area contributed by atoms with Gasteiger partial charge in [-0.3, -0.25) is 0 Å². The fraction of sp³-hybridized carbons (Fsp3) is 0.353. The van der Waals surface area contributed by atoms with Crippen molar-refractivity contribution in [2.45, 2.75) is 39.0 Å². The van der Waals surface area contributed by atoms with Crippen molar-refractivity contribution in [3.63, 3.8) is 0 Å². The van der Waals surface area contributed by atoms with Crippen LogP contribution in [0.1, 0.15) is 37.6 Å². The molecule has 2 aromatic rings. The smallest absolute Gasteiger partial charge is 0.219 e. The summed E-state index contributed by atoms with van der Waals surface area (Å²) in [7, 11) is 0. The number of benzene rings is 1.